The summed E-state index contributed by atoms with van der Waals surface area (Å²) in [5.74, 6) is -2.38. The Kier molecular flexibility index (Phi) is 9.26. The van der Waals surface area contributed by atoms with E-state index in [9.17, 15) is 19.0 Å². The maximum atomic E-state index is 13.3. The van der Waals surface area contributed by atoms with Gasteiger partial charge in [0.1, 0.15) is 19.0 Å². The molecule has 0 bridgehead atoms. The van der Waals surface area contributed by atoms with E-state index in [4.69, 9.17) is 9.47 Å². The zero-order chi connectivity index (χ0) is 28.0. The number of benzene rings is 3. The quantitative estimate of drug-likeness (QED) is 0.208. The Hall–Kier alpha value is -3.41. The smallest absolute Gasteiger partial charge is 0.407 e. The first-order valence-corrected chi connectivity index (χ1v) is 15.2. The van der Waals surface area contributed by atoms with Gasteiger partial charge in [-0.1, -0.05) is 92.7 Å². The van der Waals surface area contributed by atoms with Crippen LogP contribution >= 0.6 is 7.37 Å². The van der Waals surface area contributed by atoms with E-state index in [1.807, 2.05) is 80.6 Å². The first kappa shape index (κ1) is 28.6. The van der Waals surface area contributed by atoms with E-state index in [1.165, 1.54) is 6.92 Å². The summed E-state index contributed by atoms with van der Waals surface area (Å²) < 4.78 is 24.3. The number of esters is 1. The zero-order valence-electron chi connectivity index (χ0n) is 22.6. The number of nitrogens with one attached hydrogen (secondary N) is 1. The van der Waals surface area contributed by atoms with Crippen LogP contribution in [0.5, 0.6) is 0 Å². The Bertz CT molecular complexity index is 1300. The van der Waals surface area contributed by atoms with Crippen molar-refractivity contribution in [3.63, 3.8) is 0 Å². The van der Waals surface area contributed by atoms with Crippen molar-refractivity contribution < 1.29 is 28.5 Å². The zero-order valence-corrected chi connectivity index (χ0v) is 23.5. The number of fused-ring (bicyclic) bond motifs is 3. The van der Waals surface area contributed by atoms with Crippen molar-refractivity contribution in [1.82, 2.24) is 5.32 Å². The second-order valence-corrected chi connectivity index (χ2v) is 13.2. The molecule has 0 heterocycles. The van der Waals surface area contributed by atoms with Crippen molar-refractivity contribution in [2.75, 3.05) is 12.8 Å². The largest absolute Gasteiger partial charge is 0.461 e. The van der Waals surface area contributed by atoms with E-state index in [2.05, 4.69) is 17.4 Å². The number of hydrogen-bond acceptors (Lipinski definition) is 5. The number of ether oxygens (including phenoxy) is 2. The lowest BCUT2D eigenvalue weighted by Gasteiger charge is -2.25. The van der Waals surface area contributed by atoms with Gasteiger partial charge in [0.2, 0.25) is 7.37 Å². The van der Waals surface area contributed by atoms with Crippen molar-refractivity contribution in [1.29, 1.82) is 0 Å². The number of amides is 1. The van der Waals surface area contributed by atoms with Crippen LogP contribution in [0.1, 0.15) is 49.8 Å². The summed E-state index contributed by atoms with van der Waals surface area (Å²) in [4.78, 5) is 36.4. The molecule has 4 rings (SSSR count). The third-order valence-corrected chi connectivity index (χ3v) is 9.37. The van der Waals surface area contributed by atoms with E-state index >= 15 is 0 Å². The molecule has 1 aliphatic rings. The molecule has 0 fully saturated rings. The normalized spacial score (nSPS) is 15.5. The Morgan fingerprint density at radius 2 is 1.44 bits per heavy atom. The van der Waals surface area contributed by atoms with Crippen LogP contribution in [0.25, 0.3) is 11.1 Å². The molecule has 3 aromatic rings. The lowest BCUT2D eigenvalue weighted by Crippen LogP contribution is -2.36. The first-order chi connectivity index (χ1) is 18.7. The molecule has 39 heavy (non-hydrogen) atoms. The summed E-state index contributed by atoms with van der Waals surface area (Å²) in [5.41, 5.74) is 5.24. The van der Waals surface area contributed by atoms with Gasteiger partial charge in [0, 0.05) is 12.1 Å². The molecule has 0 aromatic heterocycles. The highest BCUT2D eigenvalue weighted by atomic mass is 31.2. The van der Waals surface area contributed by atoms with Crippen LogP contribution in [0.3, 0.4) is 0 Å². The van der Waals surface area contributed by atoms with Gasteiger partial charge < -0.3 is 19.7 Å². The standard InChI is InChI=1S/C31H36NO6P/c1-21(2)17-24(30(33)37-18-23-11-5-4-6-12-23)20-39(35,36)22(3)32-31(34)38-19-29-27-15-9-7-13-25(27)26-14-8-10-16-28(26)29/h4-16,21-22,24,29H,17-20H2,1-3H3,(H,32,34)(H,35,36). The van der Waals surface area contributed by atoms with Gasteiger partial charge in [-0.15, -0.1) is 0 Å². The van der Waals surface area contributed by atoms with Gasteiger partial charge in [-0.3, -0.25) is 9.36 Å². The van der Waals surface area contributed by atoms with Crippen LogP contribution in [0.4, 0.5) is 4.79 Å². The van der Waals surface area contributed by atoms with E-state index in [0.717, 1.165) is 27.8 Å². The maximum Gasteiger partial charge on any atom is 0.407 e. The van der Waals surface area contributed by atoms with Crippen molar-refractivity contribution in [2.45, 2.75) is 45.5 Å². The predicted molar refractivity (Wildman–Crippen MR) is 152 cm³/mol. The highest BCUT2D eigenvalue weighted by Gasteiger charge is 2.36. The molecule has 0 saturated carbocycles. The summed E-state index contributed by atoms with van der Waals surface area (Å²) in [6.45, 7) is 5.54. The van der Waals surface area contributed by atoms with E-state index < -0.39 is 31.1 Å². The van der Waals surface area contributed by atoms with Crippen LogP contribution in [0.2, 0.25) is 0 Å². The molecule has 0 saturated heterocycles. The lowest BCUT2D eigenvalue weighted by atomic mass is 9.98. The van der Waals surface area contributed by atoms with Gasteiger partial charge in [-0.2, -0.15) is 0 Å². The van der Waals surface area contributed by atoms with Gasteiger partial charge in [0.05, 0.1) is 5.92 Å². The molecule has 3 unspecified atom stereocenters. The minimum absolute atomic E-state index is 0.0948. The molecule has 1 amide bonds. The van der Waals surface area contributed by atoms with Gasteiger partial charge in [-0.25, -0.2) is 4.79 Å². The van der Waals surface area contributed by atoms with Crippen molar-refractivity contribution in [3.05, 3.63) is 95.6 Å². The Labute approximate surface area is 230 Å². The van der Waals surface area contributed by atoms with Crippen LogP contribution in [0.15, 0.2) is 78.9 Å². The molecule has 3 atom stereocenters. The molecule has 206 valence electrons. The van der Waals surface area contributed by atoms with Crippen LogP contribution < -0.4 is 5.32 Å². The molecule has 0 radical (unpaired) electrons. The highest BCUT2D eigenvalue weighted by Crippen LogP contribution is 2.48. The fraction of sp³-hybridized carbons (Fsp3) is 0.355. The topological polar surface area (TPSA) is 102 Å². The highest BCUT2D eigenvalue weighted by molar-refractivity contribution is 7.58. The summed E-state index contributed by atoms with van der Waals surface area (Å²) >= 11 is 0. The molecule has 2 N–H and O–H groups in total. The van der Waals surface area contributed by atoms with E-state index in [-0.39, 0.29) is 31.2 Å². The van der Waals surface area contributed by atoms with Gasteiger partial charge in [0.25, 0.3) is 0 Å². The second kappa shape index (κ2) is 12.6. The Balaban J connectivity index is 1.35. The minimum atomic E-state index is -3.97. The number of carbonyl (C=O) groups is 2. The Morgan fingerprint density at radius 3 is 2.03 bits per heavy atom. The van der Waals surface area contributed by atoms with Crippen LogP contribution in [-0.2, 0) is 25.4 Å². The monoisotopic (exact) mass is 549 g/mol. The van der Waals surface area contributed by atoms with Gasteiger partial charge >= 0.3 is 12.1 Å². The van der Waals surface area contributed by atoms with Crippen LogP contribution in [-0.4, -0.2) is 35.5 Å². The van der Waals surface area contributed by atoms with Crippen molar-refractivity contribution >= 4 is 19.4 Å². The maximum absolute atomic E-state index is 13.3. The molecular weight excluding hydrogens is 513 g/mol. The SMILES string of the molecule is CC(C)CC(CP(=O)(O)C(C)NC(=O)OCC1c2ccccc2-c2ccccc21)C(=O)OCc1ccccc1. The molecular formula is C31H36NO6P. The van der Waals surface area contributed by atoms with Crippen LogP contribution in [0, 0.1) is 11.8 Å². The Morgan fingerprint density at radius 1 is 0.872 bits per heavy atom. The fourth-order valence-corrected chi connectivity index (χ4v) is 6.60. The second-order valence-electron chi connectivity index (χ2n) is 10.5. The molecule has 1 aliphatic carbocycles. The molecule has 3 aromatic carbocycles. The summed E-state index contributed by atoms with van der Waals surface area (Å²) in [6.07, 6.45) is -0.662. The summed E-state index contributed by atoms with van der Waals surface area (Å²) in [5, 5.41) is 2.52. The lowest BCUT2D eigenvalue weighted by molar-refractivity contribution is -0.149. The first-order valence-electron chi connectivity index (χ1n) is 13.3. The number of hydrogen-bond donors (Lipinski definition) is 2. The van der Waals surface area contributed by atoms with Crippen molar-refractivity contribution in [3.8, 4) is 11.1 Å². The average Bonchev–Trinajstić information content (AvgIpc) is 3.24. The minimum Gasteiger partial charge on any atom is -0.461 e. The van der Waals surface area contributed by atoms with Gasteiger partial charge in [0.15, 0.2) is 0 Å². The third-order valence-electron chi connectivity index (χ3n) is 7.07. The molecule has 0 spiro atoms. The number of rotatable bonds is 11. The van der Waals surface area contributed by atoms with E-state index in [0.29, 0.717) is 6.42 Å². The third kappa shape index (κ3) is 7.17. The fourth-order valence-electron chi connectivity index (χ4n) is 5.05. The molecule has 8 heteroatoms. The molecule has 0 aliphatic heterocycles. The summed E-state index contributed by atoms with van der Waals surface area (Å²) in [6, 6.07) is 25.3. The summed E-state index contributed by atoms with van der Waals surface area (Å²) in [7, 11) is -3.97. The number of carbonyl (C=O) groups excluding carboxylic acids is 2. The van der Waals surface area contributed by atoms with Gasteiger partial charge in [-0.05, 0) is 47.1 Å². The van der Waals surface area contributed by atoms with E-state index in [1.54, 1.807) is 0 Å². The predicted octanol–water partition coefficient (Wildman–Crippen LogP) is 6.55. The number of alkyl carbamates (subject to hydrolysis) is 1. The average molecular weight is 550 g/mol. The van der Waals surface area contributed by atoms with Crippen molar-refractivity contribution in [2.24, 2.45) is 11.8 Å². The molecule has 7 nitrogen and oxygen atoms in total.